The number of benzene rings is 1. The number of aromatic nitrogens is 2. The van der Waals surface area contributed by atoms with Crippen molar-refractivity contribution in [3.63, 3.8) is 0 Å². The Bertz CT molecular complexity index is 528. The number of Topliss-reactive ketones (excluding diaryl/α,β-unsaturated/α-hetero) is 1. The molecule has 1 aromatic heterocycles. The zero-order valence-electron chi connectivity index (χ0n) is 9.90. The average Bonchev–Trinajstić information content (AvgIpc) is 2.52. The van der Waals surface area contributed by atoms with Gasteiger partial charge in [-0.25, -0.2) is 4.98 Å². The highest BCUT2D eigenvalue weighted by Crippen LogP contribution is 2.22. The van der Waals surface area contributed by atoms with Gasteiger partial charge in [-0.05, 0) is 32.9 Å². The third kappa shape index (κ3) is 1.85. The molecule has 2 rings (SSSR count). The summed E-state index contributed by atoms with van der Waals surface area (Å²) in [4.78, 5) is 15.7. The van der Waals surface area contributed by atoms with Gasteiger partial charge < -0.3 is 4.57 Å². The molecule has 3 nitrogen and oxygen atoms in total. The quantitative estimate of drug-likeness (QED) is 0.790. The van der Waals surface area contributed by atoms with Crippen LogP contribution in [0.15, 0.2) is 24.3 Å². The van der Waals surface area contributed by atoms with Crippen LogP contribution >= 0.6 is 0 Å². The van der Waals surface area contributed by atoms with E-state index in [-0.39, 0.29) is 11.8 Å². The summed E-state index contributed by atoms with van der Waals surface area (Å²) >= 11 is 0. The number of carbonyl (C=O) groups is 1. The van der Waals surface area contributed by atoms with Gasteiger partial charge in [-0.2, -0.15) is 0 Å². The molecule has 0 aliphatic heterocycles. The summed E-state index contributed by atoms with van der Waals surface area (Å²) in [5, 5.41) is 0. The van der Waals surface area contributed by atoms with E-state index in [1.165, 1.54) is 0 Å². The number of hydrogen-bond acceptors (Lipinski definition) is 2. The van der Waals surface area contributed by atoms with Gasteiger partial charge in [0.2, 0.25) is 0 Å². The summed E-state index contributed by atoms with van der Waals surface area (Å²) in [6, 6.07) is 8.20. The standard InChI is InChI=1S/C13H16N2O/c1-9(8-10(2)16)15-11(3)14-12-6-4-5-7-13(12)15/h4-7,9H,8H2,1-3H3. The molecule has 0 fully saturated rings. The number of para-hydroxylation sites is 2. The lowest BCUT2D eigenvalue weighted by Crippen LogP contribution is -2.10. The largest absolute Gasteiger partial charge is 0.325 e. The molecule has 2 aromatic rings. The molecule has 1 atom stereocenters. The molecule has 84 valence electrons. The molecule has 0 N–H and O–H groups in total. The molecular weight excluding hydrogens is 200 g/mol. The van der Waals surface area contributed by atoms with E-state index in [4.69, 9.17) is 0 Å². The Hall–Kier alpha value is -1.64. The number of hydrogen-bond donors (Lipinski definition) is 0. The monoisotopic (exact) mass is 216 g/mol. The highest BCUT2D eigenvalue weighted by atomic mass is 16.1. The molecule has 0 amide bonds. The number of rotatable bonds is 3. The van der Waals surface area contributed by atoms with E-state index < -0.39 is 0 Å². The van der Waals surface area contributed by atoms with Crippen molar-refractivity contribution in [3.05, 3.63) is 30.1 Å². The fourth-order valence-corrected chi connectivity index (χ4v) is 2.23. The van der Waals surface area contributed by atoms with Gasteiger partial charge >= 0.3 is 0 Å². The van der Waals surface area contributed by atoms with E-state index in [2.05, 4.69) is 16.5 Å². The third-order valence-corrected chi connectivity index (χ3v) is 2.80. The topological polar surface area (TPSA) is 34.9 Å². The highest BCUT2D eigenvalue weighted by Gasteiger charge is 2.13. The number of imidazole rings is 1. The predicted molar refractivity (Wildman–Crippen MR) is 64.5 cm³/mol. The summed E-state index contributed by atoms with van der Waals surface area (Å²) in [6.45, 7) is 5.67. The van der Waals surface area contributed by atoms with Gasteiger partial charge in [0.15, 0.2) is 0 Å². The fraction of sp³-hybridized carbons (Fsp3) is 0.385. The van der Waals surface area contributed by atoms with Crippen molar-refractivity contribution in [1.29, 1.82) is 0 Å². The van der Waals surface area contributed by atoms with Gasteiger partial charge in [-0.15, -0.1) is 0 Å². The smallest absolute Gasteiger partial charge is 0.131 e. The van der Waals surface area contributed by atoms with Gasteiger partial charge in [-0.3, -0.25) is 4.79 Å². The molecule has 1 heterocycles. The van der Waals surface area contributed by atoms with Crippen molar-refractivity contribution >= 4 is 16.8 Å². The lowest BCUT2D eigenvalue weighted by molar-refractivity contribution is -0.117. The molecular formula is C13H16N2O. The molecule has 0 aliphatic carbocycles. The first-order valence-electron chi connectivity index (χ1n) is 5.52. The Morgan fingerprint density at radius 2 is 2.12 bits per heavy atom. The second-order valence-electron chi connectivity index (χ2n) is 4.27. The highest BCUT2D eigenvalue weighted by molar-refractivity contribution is 5.78. The van der Waals surface area contributed by atoms with Crippen LogP contribution in [0.4, 0.5) is 0 Å². The SMILES string of the molecule is CC(=O)CC(C)n1c(C)nc2ccccc21. The lowest BCUT2D eigenvalue weighted by atomic mass is 10.1. The first-order valence-corrected chi connectivity index (χ1v) is 5.52. The molecule has 1 aromatic carbocycles. The van der Waals surface area contributed by atoms with Crippen molar-refractivity contribution in [1.82, 2.24) is 9.55 Å². The maximum absolute atomic E-state index is 11.2. The number of carbonyl (C=O) groups excluding carboxylic acids is 1. The second kappa shape index (κ2) is 4.08. The summed E-state index contributed by atoms with van der Waals surface area (Å²) < 4.78 is 2.14. The lowest BCUT2D eigenvalue weighted by Gasteiger charge is -2.14. The molecule has 0 aliphatic rings. The minimum Gasteiger partial charge on any atom is -0.325 e. The maximum atomic E-state index is 11.2. The summed E-state index contributed by atoms with van der Waals surface area (Å²) in [5.41, 5.74) is 2.10. The van der Waals surface area contributed by atoms with Crippen molar-refractivity contribution in [2.24, 2.45) is 0 Å². The van der Waals surface area contributed by atoms with E-state index in [0.29, 0.717) is 6.42 Å². The number of ketones is 1. The van der Waals surface area contributed by atoms with E-state index in [9.17, 15) is 4.79 Å². The first-order chi connectivity index (χ1) is 7.59. The second-order valence-corrected chi connectivity index (χ2v) is 4.27. The minimum atomic E-state index is 0.171. The fourth-order valence-electron chi connectivity index (χ4n) is 2.23. The van der Waals surface area contributed by atoms with Crippen molar-refractivity contribution in [2.45, 2.75) is 33.2 Å². The van der Waals surface area contributed by atoms with Crippen molar-refractivity contribution in [2.75, 3.05) is 0 Å². The molecule has 16 heavy (non-hydrogen) atoms. The van der Waals surface area contributed by atoms with Gasteiger partial charge in [-0.1, -0.05) is 12.1 Å². The first kappa shape index (κ1) is 10.9. The predicted octanol–water partition coefficient (Wildman–Crippen LogP) is 2.88. The normalized spacial score (nSPS) is 12.9. The number of nitrogens with zero attached hydrogens (tertiary/aromatic N) is 2. The van der Waals surface area contributed by atoms with Crippen LogP contribution in [-0.4, -0.2) is 15.3 Å². The molecule has 0 saturated carbocycles. The summed E-state index contributed by atoms with van der Waals surface area (Å²) in [7, 11) is 0. The van der Waals surface area contributed by atoms with E-state index >= 15 is 0 Å². The van der Waals surface area contributed by atoms with Crippen LogP contribution in [0.2, 0.25) is 0 Å². The number of fused-ring (bicyclic) bond motifs is 1. The van der Waals surface area contributed by atoms with E-state index in [1.807, 2.05) is 31.2 Å². The molecule has 0 radical (unpaired) electrons. The van der Waals surface area contributed by atoms with Crippen LogP contribution in [-0.2, 0) is 4.79 Å². The third-order valence-electron chi connectivity index (χ3n) is 2.80. The van der Waals surface area contributed by atoms with Gasteiger partial charge in [0.05, 0.1) is 11.0 Å². The average molecular weight is 216 g/mol. The van der Waals surface area contributed by atoms with Crippen molar-refractivity contribution < 1.29 is 4.79 Å². The summed E-state index contributed by atoms with van der Waals surface area (Å²) in [5.74, 6) is 1.18. The van der Waals surface area contributed by atoms with Crippen LogP contribution in [0.25, 0.3) is 11.0 Å². The Kier molecular flexibility index (Phi) is 2.77. The van der Waals surface area contributed by atoms with Gasteiger partial charge in [0.25, 0.3) is 0 Å². The zero-order valence-corrected chi connectivity index (χ0v) is 9.90. The van der Waals surface area contributed by atoms with Crippen LogP contribution in [0.5, 0.6) is 0 Å². The molecule has 3 heteroatoms. The van der Waals surface area contributed by atoms with E-state index in [0.717, 1.165) is 16.9 Å². The van der Waals surface area contributed by atoms with E-state index in [1.54, 1.807) is 6.92 Å². The molecule has 0 bridgehead atoms. The molecule has 0 saturated heterocycles. The van der Waals surface area contributed by atoms with Crippen LogP contribution in [0, 0.1) is 6.92 Å². The zero-order chi connectivity index (χ0) is 11.7. The van der Waals surface area contributed by atoms with Gasteiger partial charge in [0, 0.05) is 12.5 Å². The summed E-state index contributed by atoms with van der Waals surface area (Å²) in [6.07, 6.45) is 0.557. The Balaban J connectivity index is 2.50. The van der Waals surface area contributed by atoms with Crippen molar-refractivity contribution in [3.8, 4) is 0 Å². The Morgan fingerprint density at radius 1 is 1.44 bits per heavy atom. The van der Waals surface area contributed by atoms with Gasteiger partial charge in [0.1, 0.15) is 11.6 Å². The van der Waals surface area contributed by atoms with Crippen LogP contribution in [0.3, 0.4) is 0 Å². The maximum Gasteiger partial charge on any atom is 0.131 e. The minimum absolute atomic E-state index is 0.171. The Labute approximate surface area is 95.1 Å². The molecule has 0 spiro atoms. The van der Waals surface area contributed by atoms with Crippen LogP contribution in [0.1, 0.15) is 32.1 Å². The van der Waals surface area contributed by atoms with Crippen LogP contribution < -0.4 is 0 Å². The Morgan fingerprint density at radius 3 is 2.81 bits per heavy atom. The molecule has 1 unspecified atom stereocenters. The number of aryl methyl sites for hydroxylation is 1.